The second-order valence-electron chi connectivity index (χ2n) is 4.68. The lowest BCUT2D eigenvalue weighted by Crippen LogP contribution is -2.27. The van der Waals surface area contributed by atoms with Gasteiger partial charge in [0.15, 0.2) is 0 Å². The quantitative estimate of drug-likeness (QED) is 0.832. The highest BCUT2D eigenvalue weighted by molar-refractivity contribution is 9.10. The van der Waals surface area contributed by atoms with Crippen LogP contribution in [0.5, 0.6) is 0 Å². The molecule has 4 heteroatoms. The molecule has 0 saturated carbocycles. The maximum Gasteiger partial charge on any atom is 0.227 e. The minimum absolute atomic E-state index is 0.0386. The van der Waals surface area contributed by atoms with Crippen LogP contribution in [0.1, 0.15) is 11.1 Å². The number of hydrogen-bond donors (Lipinski definition) is 0. The molecule has 0 spiro atoms. The lowest BCUT2D eigenvalue weighted by molar-refractivity contribution is -0.129. The molecular weight excluding hydrogens is 321 g/mol. The van der Waals surface area contributed by atoms with Gasteiger partial charge in [-0.2, -0.15) is 0 Å². The molecule has 0 aromatic heterocycles. The van der Waals surface area contributed by atoms with Gasteiger partial charge in [-0.15, -0.1) is 0 Å². The van der Waals surface area contributed by atoms with E-state index in [-0.39, 0.29) is 11.7 Å². The molecule has 2 aromatic rings. The smallest absolute Gasteiger partial charge is 0.227 e. The van der Waals surface area contributed by atoms with Crippen molar-refractivity contribution in [2.24, 2.45) is 0 Å². The van der Waals surface area contributed by atoms with Crippen molar-refractivity contribution in [1.82, 2.24) is 4.90 Å². The first-order valence-corrected chi connectivity index (χ1v) is 7.07. The van der Waals surface area contributed by atoms with Crippen molar-refractivity contribution in [1.29, 1.82) is 0 Å². The summed E-state index contributed by atoms with van der Waals surface area (Å²) in [5.41, 5.74) is 1.89. The van der Waals surface area contributed by atoms with Crippen LogP contribution in [0.4, 0.5) is 4.39 Å². The Morgan fingerprint density at radius 3 is 2.20 bits per heavy atom. The van der Waals surface area contributed by atoms with Crippen molar-refractivity contribution in [2.45, 2.75) is 13.0 Å². The van der Waals surface area contributed by atoms with Gasteiger partial charge in [-0.25, -0.2) is 4.39 Å². The molecule has 0 aliphatic heterocycles. The van der Waals surface area contributed by atoms with Gasteiger partial charge in [0, 0.05) is 18.1 Å². The van der Waals surface area contributed by atoms with E-state index >= 15 is 0 Å². The number of benzene rings is 2. The van der Waals surface area contributed by atoms with E-state index < -0.39 is 0 Å². The van der Waals surface area contributed by atoms with Gasteiger partial charge in [0.25, 0.3) is 0 Å². The Morgan fingerprint density at radius 2 is 1.60 bits per heavy atom. The highest BCUT2D eigenvalue weighted by Crippen LogP contribution is 2.12. The number of nitrogens with zero attached hydrogens (tertiary/aromatic N) is 1. The minimum Gasteiger partial charge on any atom is -0.341 e. The first-order chi connectivity index (χ1) is 9.54. The van der Waals surface area contributed by atoms with Crippen LogP contribution in [-0.2, 0) is 17.8 Å². The zero-order valence-electron chi connectivity index (χ0n) is 11.1. The van der Waals surface area contributed by atoms with E-state index in [0.29, 0.717) is 13.0 Å². The Labute approximate surface area is 126 Å². The number of halogens is 2. The maximum absolute atomic E-state index is 12.8. The van der Waals surface area contributed by atoms with Crippen molar-refractivity contribution in [3.8, 4) is 0 Å². The molecule has 0 bridgehead atoms. The number of likely N-dealkylation sites (N-methyl/N-ethyl adjacent to an activating group) is 1. The Balaban J connectivity index is 1.94. The molecule has 104 valence electrons. The van der Waals surface area contributed by atoms with E-state index in [9.17, 15) is 9.18 Å². The zero-order valence-corrected chi connectivity index (χ0v) is 12.7. The summed E-state index contributed by atoms with van der Waals surface area (Å²) in [5.74, 6) is -0.228. The molecule has 0 fully saturated rings. The van der Waals surface area contributed by atoms with E-state index in [0.717, 1.165) is 15.6 Å². The topological polar surface area (TPSA) is 20.3 Å². The van der Waals surface area contributed by atoms with E-state index in [1.165, 1.54) is 12.1 Å². The van der Waals surface area contributed by atoms with Crippen molar-refractivity contribution in [3.05, 3.63) is 69.9 Å². The molecule has 0 saturated heterocycles. The Bertz CT molecular complexity index is 580. The highest BCUT2D eigenvalue weighted by Gasteiger charge is 2.10. The predicted molar refractivity (Wildman–Crippen MR) is 80.7 cm³/mol. The second kappa shape index (κ2) is 6.66. The number of rotatable bonds is 4. The molecule has 0 N–H and O–H groups in total. The molecule has 0 aliphatic carbocycles. The molecule has 0 radical (unpaired) electrons. The molecular formula is C16H15BrFNO. The average molecular weight is 336 g/mol. The molecule has 0 aliphatic rings. The molecule has 1 amide bonds. The van der Waals surface area contributed by atoms with Crippen molar-refractivity contribution < 1.29 is 9.18 Å². The Morgan fingerprint density at radius 1 is 1.05 bits per heavy atom. The van der Waals surface area contributed by atoms with Crippen LogP contribution < -0.4 is 0 Å². The van der Waals surface area contributed by atoms with E-state index in [4.69, 9.17) is 0 Å². The molecule has 0 heterocycles. The fourth-order valence-electron chi connectivity index (χ4n) is 1.86. The van der Waals surface area contributed by atoms with Crippen LogP contribution in [0.15, 0.2) is 53.0 Å². The Hall–Kier alpha value is -1.68. The van der Waals surface area contributed by atoms with Gasteiger partial charge < -0.3 is 4.90 Å². The highest BCUT2D eigenvalue weighted by atomic mass is 79.9. The molecule has 0 atom stereocenters. The third-order valence-electron chi connectivity index (χ3n) is 3.03. The SMILES string of the molecule is CN(Cc1ccc(F)cc1)C(=O)Cc1ccc(Br)cc1. The lowest BCUT2D eigenvalue weighted by atomic mass is 10.1. The maximum atomic E-state index is 12.8. The number of hydrogen-bond acceptors (Lipinski definition) is 1. The summed E-state index contributed by atoms with van der Waals surface area (Å²) in [4.78, 5) is 13.8. The molecule has 20 heavy (non-hydrogen) atoms. The first-order valence-electron chi connectivity index (χ1n) is 6.27. The number of amides is 1. The molecule has 2 rings (SSSR count). The van der Waals surface area contributed by atoms with Gasteiger partial charge in [-0.05, 0) is 35.4 Å². The van der Waals surface area contributed by atoms with E-state index in [1.54, 1.807) is 24.1 Å². The average Bonchev–Trinajstić information content (AvgIpc) is 2.44. The summed E-state index contributed by atoms with van der Waals surface area (Å²) in [6, 6.07) is 13.9. The standard InChI is InChI=1S/C16H15BrFNO/c1-19(11-13-4-8-15(18)9-5-13)16(20)10-12-2-6-14(17)7-3-12/h2-9H,10-11H2,1H3. The third-order valence-corrected chi connectivity index (χ3v) is 3.56. The van der Waals surface area contributed by atoms with Gasteiger partial charge in [0.05, 0.1) is 6.42 Å². The molecule has 2 nitrogen and oxygen atoms in total. The molecule has 2 aromatic carbocycles. The van der Waals surface area contributed by atoms with Crippen LogP contribution in [-0.4, -0.2) is 17.9 Å². The van der Waals surface area contributed by atoms with E-state index in [2.05, 4.69) is 15.9 Å². The predicted octanol–water partition coefficient (Wildman–Crippen LogP) is 3.79. The number of carbonyl (C=O) groups is 1. The van der Waals surface area contributed by atoms with Crippen molar-refractivity contribution >= 4 is 21.8 Å². The summed E-state index contributed by atoms with van der Waals surface area (Å²) in [6.45, 7) is 0.482. The van der Waals surface area contributed by atoms with Gasteiger partial charge in [-0.1, -0.05) is 40.2 Å². The van der Waals surface area contributed by atoms with Gasteiger partial charge in [0.2, 0.25) is 5.91 Å². The van der Waals surface area contributed by atoms with Crippen LogP contribution >= 0.6 is 15.9 Å². The van der Waals surface area contributed by atoms with E-state index in [1.807, 2.05) is 24.3 Å². The van der Waals surface area contributed by atoms with Crippen LogP contribution in [0, 0.1) is 5.82 Å². The summed E-state index contributed by atoms with van der Waals surface area (Å²) in [5, 5.41) is 0. The lowest BCUT2D eigenvalue weighted by Gasteiger charge is -2.17. The Kier molecular flexibility index (Phi) is 4.90. The monoisotopic (exact) mass is 335 g/mol. The van der Waals surface area contributed by atoms with Gasteiger partial charge in [0.1, 0.15) is 5.82 Å². The first kappa shape index (κ1) is 14.7. The summed E-state index contributed by atoms with van der Waals surface area (Å²) in [7, 11) is 1.75. The van der Waals surface area contributed by atoms with Gasteiger partial charge >= 0.3 is 0 Å². The number of carbonyl (C=O) groups excluding carboxylic acids is 1. The van der Waals surface area contributed by atoms with Crippen molar-refractivity contribution in [2.75, 3.05) is 7.05 Å². The third kappa shape index (κ3) is 4.17. The summed E-state index contributed by atoms with van der Waals surface area (Å²) < 4.78 is 13.8. The summed E-state index contributed by atoms with van der Waals surface area (Å²) in [6.07, 6.45) is 0.366. The normalized spacial score (nSPS) is 10.3. The van der Waals surface area contributed by atoms with Crippen LogP contribution in [0.2, 0.25) is 0 Å². The minimum atomic E-state index is -0.266. The second-order valence-corrected chi connectivity index (χ2v) is 5.60. The van der Waals surface area contributed by atoms with Crippen LogP contribution in [0.25, 0.3) is 0 Å². The molecule has 0 unspecified atom stereocenters. The fraction of sp³-hybridized carbons (Fsp3) is 0.188. The van der Waals surface area contributed by atoms with Crippen molar-refractivity contribution in [3.63, 3.8) is 0 Å². The van der Waals surface area contributed by atoms with Crippen LogP contribution in [0.3, 0.4) is 0 Å². The summed E-state index contributed by atoms with van der Waals surface area (Å²) >= 11 is 3.36. The fourth-order valence-corrected chi connectivity index (χ4v) is 2.13. The zero-order chi connectivity index (χ0) is 14.5. The largest absolute Gasteiger partial charge is 0.341 e. The van der Waals surface area contributed by atoms with Gasteiger partial charge in [-0.3, -0.25) is 4.79 Å².